The second-order valence-electron chi connectivity index (χ2n) is 4.98. The lowest BCUT2D eigenvalue weighted by Gasteiger charge is -2.03. The third-order valence-electron chi connectivity index (χ3n) is 3.30. The fourth-order valence-electron chi connectivity index (χ4n) is 2.19. The minimum Gasteiger partial charge on any atom is -0.410 e. The highest BCUT2D eigenvalue weighted by Crippen LogP contribution is 2.32. The molecule has 122 valence electrons. The van der Waals surface area contributed by atoms with E-state index >= 15 is 0 Å². The number of aryl methyl sites for hydroxylation is 1. The third-order valence-corrected chi connectivity index (χ3v) is 4.94. The predicted molar refractivity (Wildman–Crippen MR) is 101 cm³/mol. The lowest BCUT2D eigenvalue weighted by Crippen LogP contribution is -2.16. The molecular formula is C18H15BrN2O2S. The van der Waals surface area contributed by atoms with Crippen LogP contribution in [0, 0.1) is 0 Å². The molecule has 0 bridgehead atoms. The zero-order valence-corrected chi connectivity index (χ0v) is 15.4. The van der Waals surface area contributed by atoms with Gasteiger partial charge in [-0.25, -0.2) is 9.78 Å². The van der Waals surface area contributed by atoms with Gasteiger partial charge in [0.25, 0.3) is 0 Å². The van der Waals surface area contributed by atoms with E-state index in [1.165, 1.54) is 11.3 Å². The Bertz CT molecular complexity index is 832. The van der Waals surface area contributed by atoms with Crippen LogP contribution in [0.25, 0.3) is 11.3 Å². The lowest BCUT2D eigenvalue weighted by molar-refractivity contribution is 0.215. The predicted octanol–water partition coefficient (Wildman–Crippen LogP) is 5.75. The summed E-state index contributed by atoms with van der Waals surface area (Å²) in [5.74, 6) is 0.496. The van der Waals surface area contributed by atoms with Gasteiger partial charge in [-0.2, -0.15) is 0 Å². The van der Waals surface area contributed by atoms with Crippen LogP contribution in [0.1, 0.15) is 11.8 Å². The average Bonchev–Trinajstić information content (AvgIpc) is 2.99. The first-order valence-electron chi connectivity index (χ1n) is 7.45. The van der Waals surface area contributed by atoms with Crippen molar-refractivity contribution in [3.05, 3.63) is 63.9 Å². The first-order valence-corrected chi connectivity index (χ1v) is 9.06. The van der Waals surface area contributed by atoms with E-state index < -0.39 is 6.09 Å². The van der Waals surface area contributed by atoms with Crippen LogP contribution in [0.2, 0.25) is 0 Å². The molecular weight excluding hydrogens is 388 g/mol. The molecule has 0 saturated carbocycles. The number of carbonyl (C=O) groups excluding carboxylic acids is 1. The van der Waals surface area contributed by atoms with E-state index in [1.54, 1.807) is 12.1 Å². The molecule has 0 unspecified atom stereocenters. The van der Waals surface area contributed by atoms with Crippen molar-refractivity contribution in [1.82, 2.24) is 4.98 Å². The Balaban J connectivity index is 1.77. The summed E-state index contributed by atoms with van der Waals surface area (Å²) < 4.78 is 6.25. The molecule has 1 amide bonds. The van der Waals surface area contributed by atoms with E-state index in [-0.39, 0.29) is 0 Å². The number of anilines is 1. The summed E-state index contributed by atoms with van der Waals surface area (Å²) in [7, 11) is 0. The summed E-state index contributed by atoms with van der Waals surface area (Å²) >= 11 is 4.89. The Labute approximate surface area is 152 Å². The largest absolute Gasteiger partial charge is 0.418 e. The van der Waals surface area contributed by atoms with Crippen LogP contribution < -0.4 is 10.1 Å². The van der Waals surface area contributed by atoms with Crippen LogP contribution in [0.15, 0.2) is 59.1 Å². The minimum absolute atomic E-state index is 0.496. The number of hydrogen-bond acceptors (Lipinski definition) is 4. The van der Waals surface area contributed by atoms with Crippen molar-refractivity contribution in [3.8, 4) is 17.0 Å². The molecule has 0 aliphatic carbocycles. The molecule has 1 aromatic heterocycles. The van der Waals surface area contributed by atoms with Gasteiger partial charge in [-0.15, -0.1) is 11.3 Å². The van der Waals surface area contributed by atoms with Crippen molar-refractivity contribution in [3.63, 3.8) is 0 Å². The van der Waals surface area contributed by atoms with Crippen molar-refractivity contribution in [2.24, 2.45) is 0 Å². The van der Waals surface area contributed by atoms with Crippen molar-refractivity contribution in [2.45, 2.75) is 13.3 Å². The maximum Gasteiger partial charge on any atom is 0.418 e. The second-order valence-corrected chi connectivity index (χ2v) is 6.98. The van der Waals surface area contributed by atoms with Gasteiger partial charge in [-0.3, -0.25) is 5.32 Å². The smallest absolute Gasteiger partial charge is 0.410 e. The number of amides is 1. The molecule has 0 aliphatic rings. The fraction of sp³-hybridized carbons (Fsp3) is 0.111. The Kier molecular flexibility index (Phi) is 5.27. The van der Waals surface area contributed by atoms with E-state index in [9.17, 15) is 4.79 Å². The van der Waals surface area contributed by atoms with E-state index in [0.717, 1.165) is 27.0 Å². The van der Waals surface area contributed by atoms with Crippen LogP contribution in [0.5, 0.6) is 5.75 Å². The van der Waals surface area contributed by atoms with Gasteiger partial charge in [-0.05, 0) is 30.7 Å². The molecule has 0 aliphatic heterocycles. The number of benzene rings is 2. The fourth-order valence-corrected chi connectivity index (χ4v) is 3.36. The summed E-state index contributed by atoms with van der Waals surface area (Å²) in [5.41, 5.74) is 1.92. The quantitative estimate of drug-likeness (QED) is 0.604. The molecule has 1 heterocycles. The lowest BCUT2D eigenvalue weighted by atomic mass is 10.1. The van der Waals surface area contributed by atoms with Crippen LogP contribution in [0.3, 0.4) is 0 Å². The third kappa shape index (κ3) is 4.01. The SMILES string of the molecule is CCc1sc(NC(=O)Oc2ccccc2)nc1-c1ccc(Br)cc1. The highest BCUT2D eigenvalue weighted by atomic mass is 79.9. The van der Waals surface area contributed by atoms with Gasteiger partial charge in [0.05, 0.1) is 5.69 Å². The van der Waals surface area contributed by atoms with Gasteiger partial charge < -0.3 is 4.74 Å². The number of aromatic nitrogens is 1. The summed E-state index contributed by atoms with van der Waals surface area (Å²) in [4.78, 5) is 17.7. The number of hydrogen-bond donors (Lipinski definition) is 1. The minimum atomic E-state index is -0.542. The first kappa shape index (κ1) is 16.7. The number of ether oxygens (including phenoxy) is 1. The Morgan fingerprint density at radius 3 is 2.54 bits per heavy atom. The van der Waals surface area contributed by atoms with Gasteiger partial charge in [0.2, 0.25) is 0 Å². The number of nitrogens with zero attached hydrogens (tertiary/aromatic N) is 1. The maximum atomic E-state index is 12.0. The molecule has 3 aromatic rings. The van der Waals surface area contributed by atoms with Gasteiger partial charge in [-0.1, -0.05) is 53.2 Å². The van der Waals surface area contributed by atoms with Crippen LogP contribution >= 0.6 is 27.3 Å². The number of thiazole rings is 1. The van der Waals surface area contributed by atoms with E-state index in [1.807, 2.05) is 42.5 Å². The zero-order chi connectivity index (χ0) is 16.9. The van der Waals surface area contributed by atoms with Crippen molar-refractivity contribution in [1.29, 1.82) is 0 Å². The van der Waals surface area contributed by atoms with Gasteiger partial charge in [0, 0.05) is 14.9 Å². The Hall–Kier alpha value is -2.18. The summed E-state index contributed by atoms with van der Waals surface area (Å²) in [6.45, 7) is 2.07. The molecule has 6 heteroatoms. The molecule has 24 heavy (non-hydrogen) atoms. The Morgan fingerprint density at radius 1 is 1.17 bits per heavy atom. The molecule has 0 fully saturated rings. The van der Waals surface area contributed by atoms with E-state index in [0.29, 0.717) is 10.9 Å². The number of halogens is 1. The first-order chi connectivity index (χ1) is 11.7. The van der Waals surface area contributed by atoms with Crippen molar-refractivity contribution < 1.29 is 9.53 Å². The molecule has 2 aromatic carbocycles. The molecule has 0 atom stereocenters. The van der Waals surface area contributed by atoms with Crippen LogP contribution in [-0.4, -0.2) is 11.1 Å². The number of carbonyl (C=O) groups is 1. The number of nitrogens with one attached hydrogen (secondary N) is 1. The molecule has 0 saturated heterocycles. The van der Waals surface area contributed by atoms with E-state index in [2.05, 4.69) is 33.2 Å². The molecule has 0 radical (unpaired) electrons. The highest BCUT2D eigenvalue weighted by molar-refractivity contribution is 9.10. The van der Waals surface area contributed by atoms with Crippen LogP contribution in [-0.2, 0) is 6.42 Å². The van der Waals surface area contributed by atoms with Gasteiger partial charge in [0.1, 0.15) is 5.75 Å². The average molecular weight is 403 g/mol. The highest BCUT2D eigenvalue weighted by Gasteiger charge is 2.14. The summed E-state index contributed by atoms with van der Waals surface area (Å²) in [6, 6.07) is 16.9. The summed E-state index contributed by atoms with van der Waals surface area (Å²) in [5, 5.41) is 3.24. The molecule has 3 rings (SSSR count). The number of rotatable bonds is 4. The normalized spacial score (nSPS) is 10.4. The molecule has 0 spiro atoms. The monoisotopic (exact) mass is 402 g/mol. The molecule has 4 nitrogen and oxygen atoms in total. The second kappa shape index (κ2) is 7.59. The van der Waals surface area contributed by atoms with Crippen LogP contribution in [0.4, 0.5) is 9.93 Å². The Morgan fingerprint density at radius 2 is 1.88 bits per heavy atom. The van der Waals surface area contributed by atoms with E-state index in [4.69, 9.17) is 4.74 Å². The maximum absolute atomic E-state index is 12.0. The summed E-state index contributed by atoms with van der Waals surface area (Å²) in [6.07, 6.45) is 0.304. The van der Waals surface area contributed by atoms with Gasteiger partial charge in [0.15, 0.2) is 5.13 Å². The van der Waals surface area contributed by atoms with Crippen molar-refractivity contribution >= 4 is 38.5 Å². The zero-order valence-electron chi connectivity index (χ0n) is 13.0. The molecule has 1 N–H and O–H groups in total. The topological polar surface area (TPSA) is 51.2 Å². The standard InChI is InChI=1S/C18H15BrN2O2S/c1-2-15-16(12-8-10-13(19)11-9-12)20-17(24-15)21-18(22)23-14-6-4-3-5-7-14/h3-11H,2H2,1H3,(H,20,21,22). The van der Waals surface area contributed by atoms with Crippen molar-refractivity contribution in [2.75, 3.05) is 5.32 Å². The number of para-hydroxylation sites is 1. The van der Waals surface area contributed by atoms with Gasteiger partial charge >= 0.3 is 6.09 Å².